The molecule has 26 heavy (non-hydrogen) atoms. The predicted molar refractivity (Wildman–Crippen MR) is 105 cm³/mol. The minimum Gasteiger partial charge on any atom is -0.497 e. The van der Waals surface area contributed by atoms with E-state index in [0.717, 1.165) is 35.7 Å². The van der Waals surface area contributed by atoms with Gasteiger partial charge in [0, 0.05) is 5.69 Å². The van der Waals surface area contributed by atoms with Crippen LogP contribution in [0.15, 0.2) is 64.4 Å². The van der Waals surface area contributed by atoms with Crippen LogP contribution in [0.4, 0.5) is 5.69 Å². The zero-order valence-electron chi connectivity index (χ0n) is 15.3. The van der Waals surface area contributed by atoms with Gasteiger partial charge in [0.25, 0.3) is 5.56 Å². The first-order valence-electron chi connectivity index (χ1n) is 8.73. The highest BCUT2D eigenvalue weighted by Gasteiger charge is 2.17. The predicted octanol–water partition coefficient (Wildman–Crippen LogP) is 4.27. The lowest BCUT2D eigenvalue weighted by atomic mass is 10.1. The molecule has 0 radical (unpaired) electrons. The molecule has 0 fully saturated rings. The van der Waals surface area contributed by atoms with Crippen molar-refractivity contribution in [3.8, 4) is 11.4 Å². The second-order valence-corrected chi connectivity index (χ2v) is 6.09. The number of hydrogen-bond donors (Lipinski definition) is 1. The monoisotopic (exact) mass is 349 g/mol. The molecular formula is C21H23N3O2. The normalized spacial score (nSPS) is 11.6. The third-order valence-corrected chi connectivity index (χ3v) is 4.21. The SMILES string of the molecule is CCCc1[nH]n(-c2ccccc2)c(=O)c1C(C)=Nc1ccc(OC)cc1. The lowest BCUT2D eigenvalue weighted by molar-refractivity contribution is 0.415. The highest BCUT2D eigenvalue weighted by molar-refractivity contribution is 6.01. The zero-order chi connectivity index (χ0) is 18.5. The molecule has 0 saturated heterocycles. The van der Waals surface area contributed by atoms with Gasteiger partial charge in [-0.3, -0.25) is 14.9 Å². The van der Waals surface area contributed by atoms with Crippen molar-refractivity contribution in [1.82, 2.24) is 9.78 Å². The molecule has 0 bridgehead atoms. The zero-order valence-corrected chi connectivity index (χ0v) is 15.3. The van der Waals surface area contributed by atoms with Crippen molar-refractivity contribution >= 4 is 11.4 Å². The van der Waals surface area contributed by atoms with Crippen molar-refractivity contribution in [2.45, 2.75) is 26.7 Å². The first kappa shape index (κ1) is 17.7. The van der Waals surface area contributed by atoms with Crippen molar-refractivity contribution in [3.05, 3.63) is 76.2 Å². The Kier molecular flexibility index (Phi) is 5.37. The summed E-state index contributed by atoms with van der Waals surface area (Å²) < 4.78 is 6.77. The van der Waals surface area contributed by atoms with Gasteiger partial charge in [0.05, 0.1) is 29.8 Å². The average Bonchev–Trinajstić information content (AvgIpc) is 2.99. The number of ether oxygens (including phenoxy) is 1. The molecule has 0 aliphatic carbocycles. The van der Waals surface area contributed by atoms with Gasteiger partial charge in [-0.15, -0.1) is 0 Å². The molecule has 134 valence electrons. The third kappa shape index (κ3) is 3.61. The van der Waals surface area contributed by atoms with Gasteiger partial charge >= 0.3 is 0 Å². The van der Waals surface area contributed by atoms with Crippen LogP contribution in [0, 0.1) is 0 Å². The fraction of sp³-hybridized carbons (Fsp3) is 0.238. The fourth-order valence-corrected chi connectivity index (χ4v) is 2.95. The molecule has 0 unspecified atom stereocenters. The fourth-order valence-electron chi connectivity index (χ4n) is 2.95. The van der Waals surface area contributed by atoms with E-state index in [1.54, 1.807) is 11.8 Å². The molecule has 0 atom stereocenters. The van der Waals surface area contributed by atoms with Gasteiger partial charge < -0.3 is 4.74 Å². The minimum absolute atomic E-state index is 0.0746. The number of aliphatic imine (C=N–C) groups is 1. The van der Waals surface area contributed by atoms with E-state index < -0.39 is 0 Å². The summed E-state index contributed by atoms with van der Waals surface area (Å²) in [6, 6.07) is 17.1. The lowest BCUT2D eigenvalue weighted by Gasteiger charge is -2.02. The van der Waals surface area contributed by atoms with E-state index >= 15 is 0 Å². The summed E-state index contributed by atoms with van der Waals surface area (Å²) in [5.41, 5.74) is 3.79. The molecular weight excluding hydrogens is 326 g/mol. The number of methoxy groups -OCH3 is 1. The van der Waals surface area contributed by atoms with Crippen LogP contribution in [0.5, 0.6) is 5.75 Å². The Morgan fingerprint density at radius 3 is 2.42 bits per heavy atom. The first-order valence-corrected chi connectivity index (χ1v) is 8.73. The van der Waals surface area contributed by atoms with Crippen molar-refractivity contribution in [3.63, 3.8) is 0 Å². The number of para-hydroxylation sites is 1. The molecule has 1 heterocycles. The number of H-pyrrole nitrogens is 1. The van der Waals surface area contributed by atoms with Crippen LogP contribution in [-0.4, -0.2) is 22.6 Å². The molecule has 5 nitrogen and oxygen atoms in total. The molecule has 0 saturated carbocycles. The van der Waals surface area contributed by atoms with Gasteiger partial charge in [0.1, 0.15) is 5.75 Å². The number of aromatic amines is 1. The Labute approximate surface area is 153 Å². The second kappa shape index (κ2) is 7.87. The summed E-state index contributed by atoms with van der Waals surface area (Å²) in [5, 5.41) is 3.26. The van der Waals surface area contributed by atoms with Crippen LogP contribution in [0.25, 0.3) is 5.69 Å². The maximum atomic E-state index is 13.0. The van der Waals surface area contributed by atoms with Crippen LogP contribution < -0.4 is 10.3 Å². The molecule has 0 amide bonds. The summed E-state index contributed by atoms with van der Waals surface area (Å²) in [6.45, 7) is 3.97. The molecule has 1 N–H and O–H groups in total. The topological polar surface area (TPSA) is 59.4 Å². The van der Waals surface area contributed by atoms with Crippen molar-refractivity contribution in [2.24, 2.45) is 4.99 Å². The Bertz CT molecular complexity index is 951. The smallest absolute Gasteiger partial charge is 0.280 e. The molecule has 5 heteroatoms. The van der Waals surface area contributed by atoms with E-state index in [2.05, 4.69) is 17.0 Å². The Hall–Kier alpha value is -3.08. The molecule has 0 spiro atoms. The van der Waals surface area contributed by atoms with Gasteiger partial charge in [-0.05, 0) is 49.7 Å². The van der Waals surface area contributed by atoms with Crippen LogP contribution >= 0.6 is 0 Å². The molecule has 0 aliphatic heterocycles. The third-order valence-electron chi connectivity index (χ3n) is 4.21. The Morgan fingerprint density at radius 1 is 1.12 bits per heavy atom. The van der Waals surface area contributed by atoms with Gasteiger partial charge in [-0.25, -0.2) is 4.68 Å². The largest absolute Gasteiger partial charge is 0.497 e. The number of nitrogens with one attached hydrogen (secondary N) is 1. The van der Waals surface area contributed by atoms with Gasteiger partial charge in [-0.2, -0.15) is 0 Å². The first-order chi connectivity index (χ1) is 12.6. The molecule has 3 aromatic rings. The number of benzene rings is 2. The molecule has 2 aromatic carbocycles. The second-order valence-electron chi connectivity index (χ2n) is 6.09. The Balaban J connectivity index is 2.06. The lowest BCUT2D eigenvalue weighted by Crippen LogP contribution is -2.19. The number of aryl methyl sites for hydroxylation is 1. The van der Waals surface area contributed by atoms with Crippen LogP contribution in [0.3, 0.4) is 0 Å². The number of aromatic nitrogens is 2. The summed E-state index contributed by atoms with van der Waals surface area (Å²) in [5.74, 6) is 0.779. The average molecular weight is 349 g/mol. The maximum Gasteiger partial charge on any atom is 0.280 e. The summed E-state index contributed by atoms with van der Waals surface area (Å²) in [6.07, 6.45) is 1.73. The summed E-state index contributed by atoms with van der Waals surface area (Å²) in [4.78, 5) is 17.7. The maximum absolute atomic E-state index is 13.0. The van der Waals surface area contributed by atoms with Gasteiger partial charge in [0.15, 0.2) is 0 Å². The van der Waals surface area contributed by atoms with E-state index in [0.29, 0.717) is 11.3 Å². The van der Waals surface area contributed by atoms with E-state index in [-0.39, 0.29) is 5.56 Å². The van der Waals surface area contributed by atoms with Crippen molar-refractivity contribution < 1.29 is 4.74 Å². The van der Waals surface area contributed by atoms with Gasteiger partial charge in [-0.1, -0.05) is 31.5 Å². The van der Waals surface area contributed by atoms with Crippen molar-refractivity contribution in [2.75, 3.05) is 7.11 Å². The highest BCUT2D eigenvalue weighted by atomic mass is 16.5. The summed E-state index contributed by atoms with van der Waals surface area (Å²) >= 11 is 0. The quantitative estimate of drug-likeness (QED) is 0.676. The van der Waals surface area contributed by atoms with E-state index in [1.807, 2.05) is 61.5 Å². The number of nitrogens with zero attached hydrogens (tertiary/aromatic N) is 2. The van der Waals surface area contributed by atoms with Crippen LogP contribution in [0.2, 0.25) is 0 Å². The number of hydrogen-bond acceptors (Lipinski definition) is 3. The van der Waals surface area contributed by atoms with E-state index in [1.165, 1.54) is 0 Å². The molecule has 3 rings (SSSR count). The van der Waals surface area contributed by atoms with Crippen LogP contribution in [-0.2, 0) is 6.42 Å². The van der Waals surface area contributed by atoms with Gasteiger partial charge in [0.2, 0.25) is 0 Å². The Morgan fingerprint density at radius 2 is 1.81 bits per heavy atom. The van der Waals surface area contributed by atoms with Crippen LogP contribution in [0.1, 0.15) is 31.5 Å². The molecule has 1 aromatic heterocycles. The highest BCUT2D eigenvalue weighted by Crippen LogP contribution is 2.19. The number of rotatable bonds is 6. The standard InChI is InChI=1S/C21H23N3O2/c1-4-8-19-20(15(2)22-16-11-13-18(26-3)14-12-16)21(25)24(23-19)17-9-6-5-7-10-17/h5-7,9-14,23H,4,8H2,1-3H3. The van der Waals surface area contributed by atoms with E-state index in [4.69, 9.17) is 4.74 Å². The summed E-state index contributed by atoms with van der Waals surface area (Å²) in [7, 11) is 1.63. The minimum atomic E-state index is -0.0746. The van der Waals surface area contributed by atoms with Crippen molar-refractivity contribution in [1.29, 1.82) is 0 Å². The van der Waals surface area contributed by atoms with E-state index in [9.17, 15) is 4.79 Å². The molecule has 0 aliphatic rings.